The second kappa shape index (κ2) is 5.43. The Kier molecular flexibility index (Phi) is 4.20. The van der Waals surface area contributed by atoms with Crippen molar-refractivity contribution in [2.45, 2.75) is 38.1 Å². The van der Waals surface area contributed by atoms with Crippen molar-refractivity contribution in [3.63, 3.8) is 0 Å². The van der Waals surface area contributed by atoms with Crippen molar-refractivity contribution in [1.82, 2.24) is 5.43 Å². The van der Waals surface area contributed by atoms with E-state index in [1.807, 2.05) is 11.3 Å². The molecule has 0 bridgehead atoms. The molecule has 1 aliphatic rings. The Bertz CT molecular complexity index is 307. The lowest BCUT2D eigenvalue weighted by atomic mass is 9.95. The van der Waals surface area contributed by atoms with E-state index in [9.17, 15) is 0 Å². The van der Waals surface area contributed by atoms with E-state index in [1.165, 1.54) is 35.0 Å². The molecule has 1 fully saturated rings. The maximum absolute atomic E-state index is 5.65. The van der Waals surface area contributed by atoms with Crippen molar-refractivity contribution in [2.24, 2.45) is 11.8 Å². The third kappa shape index (κ3) is 3.03. The van der Waals surface area contributed by atoms with E-state index in [0.717, 1.165) is 12.3 Å². The molecule has 1 heterocycles. The predicted octanol–water partition coefficient (Wildman–Crippen LogP) is 3.08. The molecule has 0 radical (unpaired) electrons. The first-order chi connectivity index (χ1) is 7.29. The lowest BCUT2D eigenvalue weighted by Gasteiger charge is -2.21. The standard InChI is InChI=1S/C11H17BrN2S/c12-9-5-10(15-7-9)6-11(14-13)8-3-1-2-4-8/h5,7-8,11,14H,1-4,6,13H2. The number of nitrogens with two attached hydrogens (primary N) is 1. The molecule has 15 heavy (non-hydrogen) atoms. The summed E-state index contributed by atoms with van der Waals surface area (Å²) in [6, 6.07) is 2.65. The van der Waals surface area contributed by atoms with Gasteiger partial charge in [-0.1, -0.05) is 12.8 Å². The lowest BCUT2D eigenvalue weighted by molar-refractivity contribution is 0.363. The normalized spacial score (nSPS) is 19.6. The molecule has 1 aliphatic carbocycles. The molecule has 0 aromatic carbocycles. The molecular formula is C11H17BrN2S. The summed E-state index contributed by atoms with van der Waals surface area (Å²) in [5.41, 5.74) is 2.99. The van der Waals surface area contributed by atoms with Gasteiger partial charge in [0.15, 0.2) is 0 Å². The molecule has 2 nitrogen and oxygen atoms in total. The van der Waals surface area contributed by atoms with Crippen LogP contribution in [0.2, 0.25) is 0 Å². The largest absolute Gasteiger partial charge is 0.271 e. The van der Waals surface area contributed by atoms with Crippen LogP contribution in [0.5, 0.6) is 0 Å². The maximum Gasteiger partial charge on any atom is 0.0287 e. The third-order valence-corrected chi connectivity index (χ3v) is 4.95. The highest BCUT2D eigenvalue weighted by Gasteiger charge is 2.24. The van der Waals surface area contributed by atoms with Crippen LogP contribution in [0, 0.1) is 5.92 Å². The van der Waals surface area contributed by atoms with Gasteiger partial charge in [0.1, 0.15) is 0 Å². The number of hydrazine groups is 1. The molecule has 1 saturated carbocycles. The van der Waals surface area contributed by atoms with Gasteiger partial charge >= 0.3 is 0 Å². The summed E-state index contributed by atoms with van der Waals surface area (Å²) in [7, 11) is 0. The number of halogens is 1. The number of thiophene rings is 1. The van der Waals surface area contributed by atoms with E-state index in [4.69, 9.17) is 5.84 Å². The highest BCUT2D eigenvalue weighted by molar-refractivity contribution is 9.10. The summed E-state index contributed by atoms with van der Waals surface area (Å²) < 4.78 is 1.18. The fourth-order valence-electron chi connectivity index (χ4n) is 2.40. The predicted molar refractivity (Wildman–Crippen MR) is 68.8 cm³/mol. The van der Waals surface area contributed by atoms with Crippen molar-refractivity contribution in [1.29, 1.82) is 0 Å². The van der Waals surface area contributed by atoms with Crippen molar-refractivity contribution < 1.29 is 0 Å². The second-order valence-electron chi connectivity index (χ2n) is 4.25. The van der Waals surface area contributed by atoms with Crippen LogP contribution in [-0.2, 0) is 6.42 Å². The highest BCUT2D eigenvalue weighted by atomic mass is 79.9. The Balaban J connectivity index is 1.95. The molecular weight excluding hydrogens is 272 g/mol. The zero-order valence-electron chi connectivity index (χ0n) is 8.71. The smallest absolute Gasteiger partial charge is 0.0287 e. The molecule has 1 aromatic rings. The van der Waals surface area contributed by atoms with E-state index < -0.39 is 0 Å². The Hall–Kier alpha value is 0.1000. The molecule has 1 unspecified atom stereocenters. The molecule has 3 N–H and O–H groups in total. The van der Waals surface area contributed by atoms with E-state index in [0.29, 0.717) is 6.04 Å². The van der Waals surface area contributed by atoms with Gasteiger partial charge in [-0.2, -0.15) is 0 Å². The molecule has 0 saturated heterocycles. The maximum atomic E-state index is 5.65. The number of hydrogen-bond acceptors (Lipinski definition) is 3. The van der Waals surface area contributed by atoms with Gasteiger partial charge in [0.05, 0.1) is 0 Å². The van der Waals surface area contributed by atoms with Crippen LogP contribution in [-0.4, -0.2) is 6.04 Å². The Morgan fingerprint density at radius 1 is 1.53 bits per heavy atom. The topological polar surface area (TPSA) is 38.0 Å². The monoisotopic (exact) mass is 288 g/mol. The molecule has 0 amide bonds. The Morgan fingerprint density at radius 2 is 2.27 bits per heavy atom. The van der Waals surface area contributed by atoms with Crippen LogP contribution in [0.4, 0.5) is 0 Å². The molecule has 0 aliphatic heterocycles. The summed E-state index contributed by atoms with van der Waals surface area (Å²) in [5, 5.41) is 2.14. The quantitative estimate of drug-likeness (QED) is 0.660. The average Bonchev–Trinajstić information content (AvgIpc) is 2.85. The fourth-order valence-corrected chi connectivity index (χ4v) is 3.91. The van der Waals surface area contributed by atoms with Crippen molar-refractivity contribution >= 4 is 27.3 Å². The average molecular weight is 289 g/mol. The first-order valence-electron chi connectivity index (χ1n) is 5.48. The number of nitrogens with one attached hydrogen (secondary N) is 1. The molecule has 1 atom stereocenters. The lowest BCUT2D eigenvalue weighted by Crippen LogP contribution is -2.41. The van der Waals surface area contributed by atoms with Crippen molar-refractivity contribution in [3.05, 3.63) is 20.8 Å². The Morgan fingerprint density at radius 3 is 2.80 bits per heavy atom. The van der Waals surface area contributed by atoms with Gasteiger partial charge in [0.25, 0.3) is 0 Å². The summed E-state index contributed by atoms with van der Waals surface area (Å²) in [6.07, 6.45) is 6.48. The fraction of sp³-hybridized carbons (Fsp3) is 0.636. The van der Waals surface area contributed by atoms with Crippen LogP contribution in [0.25, 0.3) is 0 Å². The van der Waals surface area contributed by atoms with Crippen LogP contribution < -0.4 is 11.3 Å². The van der Waals surface area contributed by atoms with Crippen LogP contribution in [0.15, 0.2) is 15.9 Å². The number of rotatable bonds is 4. The highest BCUT2D eigenvalue weighted by Crippen LogP contribution is 2.30. The summed E-state index contributed by atoms with van der Waals surface area (Å²) >= 11 is 5.30. The SMILES string of the molecule is NNC(Cc1cc(Br)cs1)C1CCCC1. The van der Waals surface area contributed by atoms with Gasteiger partial charge in [-0.25, -0.2) is 0 Å². The van der Waals surface area contributed by atoms with Crippen LogP contribution in [0.3, 0.4) is 0 Å². The van der Waals surface area contributed by atoms with E-state index in [1.54, 1.807) is 0 Å². The second-order valence-corrected chi connectivity index (χ2v) is 6.16. The molecule has 0 spiro atoms. The minimum absolute atomic E-state index is 0.457. The van der Waals surface area contributed by atoms with E-state index in [2.05, 4.69) is 32.8 Å². The summed E-state index contributed by atoms with van der Waals surface area (Å²) in [4.78, 5) is 1.41. The van der Waals surface area contributed by atoms with E-state index in [-0.39, 0.29) is 0 Å². The minimum Gasteiger partial charge on any atom is -0.271 e. The third-order valence-electron chi connectivity index (χ3n) is 3.23. The molecule has 2 rings (SSSR count). The Labute approximate surface area is 103 Å². The number of hydrogen-bond donors (Lipinski definition) is 2. The summed E-state index contributed by atoms with van der Waals surface area (Å²) in [5.74, 6) is 6.42. The molecule has 4 heteroatoms. The molecule has 1 aromatic heterocycles. The minimum atomic E-state index is 0.457. The van der Waals surface area contributed by atoms with Crippen molar-refractivity contribution in [2.75, 3.05) is 0 Å². The van der Waals surface area contributed by atoms with Gasteiger partial charge in [0, 0.05) is 20.8 Å². The molecule has 84 valence electrons. The zero-order chi connectivity index (χ0) is 10.7. The first-order valence-corrected chi connectivity index (χ1v) is 7.16. The van der Waals surface area contributed by atoms with Gasteiger partial charge in [-0.15, -0.1) is 11.3 Å². The van der Waals surface area contributed by atoms with Crippen LogP contribution >= 0.6 is 27.3 Å². The summed E-state index contributed by atoms with van der Waals surface area (Å²) in [6.45, 7) is 0. The van der Waals surface area contributed by atoms with Gasteiger partial charge in [-0.05, 0) is 47.2 Å². The van der Waals surface area contributed by atoms with E-state index >= 15 is 0 Å². The van der Waals surface area contributed by atoms with Crippen LogP contribution in [0.1, 0.15) is 30.6 Å². The van der Waals surface area contributed by atoms with Gasteiger partial charge < -0.3 is 0 Å². The van der Waals surface area contributed by atoms with Gasteiger partial charge in [-0.3, -0.25) is 11.3 Å². The van der Waals surface area contributed by atoms with Crippen molar-refractivity contribution in [3.8, 4) is 0 Å². The first kappa shape index (κ1) is 11.6. The van der Waals surface area contributed by atoms with Gasteiger partial charge in [0.2, 0.25) is 0 Å². The zero-order valence-corrected chi connectivity index (χ0v) is 11.1.